The minimum absolute atomic E-state index is 0.202. The molecule has 0 aromatic heterocycles. The number of benzene rings is 1. The normalized spacial score (nSPS) is 19.1. The lowest BCUT2D eigenvalue weighted by molar-refractivity contribution is 0.0596. The van der Waals surface area contributed by atoms with Crippen LogP contribution in [0.4, 0.5) is 4.79 Å². The Hall–Kier alpha value is -2.04. The van der Waals surface area contributed by atoms with E-state index in [9.17, 15) is 9.59 Å². The van der Waals surface area contributed by atoms with E-state index in [1.54, 1.807) is 12.1 Å². The van der Waals surface area contributed by atoms with Gasteiger partial charge in [0, 0.05) is 6.42 Å². The number of hydrogen-bond acceptors (Lipinski definition) is 4. The van der Waals surface area contributed by atoms with Crippen molar-refractivity contribution in [3.05, 3.63) is 35.4 Å². The standard InChI is InChI=1S/C12H13NO4/c1-16-11(14)9-5-3-2-4-8(9)10-6-7-17-12(15)13-10/h2-5,10H,6-7H2,1H3,(H,13,15)/t10-/m0/s1. The van der Waals surface area contributed by atoms with Crippen LogP contribution in [0.15, 0.2) is 24.3 Å². The van der Waals surface area contributed by atoms with E-state index < -0.39 is 12.1 Å². The van der Waals surface area contributed by atoms with Gasteiger partial charge in [0.25, 0.3) is 0 Å². The van der Waals surface area contributed by atoms with Crippen LogP contribution in [0.5, 0.6) is 0 Å². The van der Waals surface area contributed by atoms with E-state index in [-0.39, 0.29) is 6.04 Å². The molecule has 0 saturated carbocycles. The van der Waals surface area contributed by atoms with Crippen molar-refractivity contribution in [1.29, 1.82) is 0 Å². The quantitative estimate of drug-likeness (QED) is 0.791. The first-order valence-electron chi connectivity index (χ1n) is 5.33. The van der Waals surface area contributed by atoms with Crippen molar-refractivity contribution in [2.45, 2.75) is 12.5 Å². The lowest BCUT2D eigenvalue weighted by Crippen LogP contribution is -2.36. The van der Waals surface area contributed by atoms with Crippen molar-refractivity contribution in [1.82, 2.24) is 5.32 Å². The number of carbonyl (C=O) groups excluding carboxylic acids is 2. The van der Waals surface area contributed by atoms with E-state index in [1.165, 1.54) is 7.11 Å². The van der Waals surface area contributed by atoms with Crippen LogP contribution >= 0.6 is 0 Å². The van der Waals surface area contributed by atoms with E-state index in [1.807, 2.05) is 12.1 Å². The molecule has 5 heteroatoms. The molecule has 1 amide bonds. The van der Waals surface area contributed by atoms with Crippen LogP contribution in [-0.2, 0) is 9.47 Å². The van der Waals surface area contributed by atoms with Crippen LogP contribution in [-0.4, -0.2) is 25.8 Å². The predicted molar refractivity (Wildman–Crippen MR) is 59.6 cm³/mol. The van der Waals surface area contributed by atoms with Gasteiger partial charge in [-0.25, -0.2) is 9.59 Å². The molecular weight excluding hydrogens is 222 g/mol. The third-order valence-corrected chi connectivity index (χ3v) is 2.67. The Kier molecular flexibility index (Phi) is 3.27. The predicted octanol–water partition coefficient (Wildman–Crippen LogP) is 1.64. The highest BCUT2D eigenvalue weighted by atomic mass is 16.6. The monoisotopic (exact) mass is 235 g/mol. The SMILES string of the molecule is COC(=O)c1ccccc1[C@@H]1CCOC(=O)N1. The molecule has 90 valence electrons. The van der Waals surface area contributed by atoms with Gasteiger partial charge < -0.3 is 14.8 Å². The number of hydrogen-bond donors (Lipinski definition) is 1. The number of nitrogens with one attached hydrogen (secondary N) is 1. The molecule has 0 bridgehead atoms. The molecule has 1 fully saturated rings. The van der Waals surface area contributed by atoms with Gasteiger partial charge in [-0.1, -0.05) is 18.2 Å². The highest BCUT2D eigenvalue weighted by Gasteiger charge is 2.24. The van der Waals surface area contributed by atoms with Gasteiger partial charge in [0.15, 0.2) is 0 Å². The van der Waals surface area contributed by atoms with Crippen molar-refractivity contribution in [2.24, 2.45) is 0 Å². The Morgan fingerprint density at radius 3 is 2.94 bits per heavy atom. The lowest BCUT2D eigenvalue weighted by Gasteiger charge is -2.24. The number of rotatable bonds is 2. The van der Waals surface area contributed by atoms with Gasteiger partial charge in [0.1, 0.15) is 0 Å². The topological polar surface area (TPSA) is 64.6 Å². The van der Waals surface area contributed by atoms with Gasteiger partial charge >= 0.3 is 12.1 Å². The summed E-state index contributed by atoms with van der Waals surface area (Å²) >= 11 is 0. The summed E-state index contributed by atoms with van der Waals surface area (Å²) in [7, 11) is 1.33. The van der Waals surface area contributed by atoms with Crippen LogP contribution < -0.4 is 5.32 Å². The van der Waals surface area contributed by atoms with Crippen LogP contribution in [0.25, 0.3) is 0 Å². The maximum Gasteiger partial charge on any atom is 0.407 e. The molecule has 1 aromatic carbocycles. The molecule has 5 nitrogen and oxygen atoms in total. The van der Waals surface area contributed by atoms with Gasteiger partial charge in [-0.15, -0.1) is 0 Å². The fourth-order valence-corrected chi connectivity index (χ4v) is 1.86. The van der Waals surface area contributed by atoms with Crippen molar-refractivity contribution in [3.8, 4) is 0 Å². The van der Waals surface area contributed by atoms with Gasteiger partial charge in [0.05, 0.1) is 25.3 Å². The molecule has 17 heavy (non-hydrogen) atoms. The molecule has 1 N–H and O–H groups in total. The zero-order valence-electron chi connectivity index (χ0n) is 9.43. The highest BCUT2D eigenvalue weighted by Crippen LogP contribution is 2.24. The fraction of sp³-hybridized carbons (Fsp3) is 0.333. The van der Waals surface area contributed by atoms with Gasteiger partial charge in [-0.3, -0.25) is 0 Å². The molecule has 0 radical (unpaired) electrons. The Bertz CT molecular complexity index is 444. The molecule has 1 saturated heterocycles. The molecule has 1 atom stereocenters. The van der Waals surface area contributed by atoms with Gasteiger partial charge in [0.2, 0.25) is 0 Å². The van der Waals surface area contributed by atoms with E-state index in [0.717, 1.165) is 5.56 Å². The number of methoxy groups -OCH3 is 1. The third kappa shape index (κ3) is 2.38. The van der Waals surface area contributed by atoms with Gasteiger partial charge in [-0.2, -0.15) is 0 Å². The molecule has 1 aliphatic rings. The minimum Gasteiger partial charge on any atom is -0.465 e. The summed E-state index contributed by atoms with van der Waals surface area (Å²) in [6.45, 7) is 0.353. The first-order valence-corrected chi connectivity index (χ1v) is 5.33. The summed E-state index contributed by atoms with van der Waals surface area (Å²) in [5.74, 6) is -0.402. The number of alkyl carbamates (subject to hydrolysis) is 1. The van der Waals surface area contributed by atoms with E-state index in [2.05, 4.69) is 5.32 Å². The average Bonchev–Trinajstić information content (AvgIpc) is 2.38. The van der Waals surface area contributed by atoms with Crippen molar-refractivity contribution >= 4 is 12.1 Å². The van der Waals surface area contributed by atoms with Crippen molar-refractivity contribution in [2.75, 3.05) is 13.7 Å². The number of ether oxygens (including phenoxy) is 2. The molecule has 1 aliphatic heterocycles. The number of cyclic esters (lactones) is 1. The van der Waals surface area contributed by atoms with Crippen LogP contribution in [0.2, 0.25) is 0 Å². The summed E-state index contributed by atoms with van der Waals surface area (Å²) in [6, 6.07) is 6.87. The average molecular weight is 235 g/mol. The number of amides is 1. The third-order valence-electron chi connectivity index (χ3n) is 2.67. The molecule has 0 aliphatic carbocycles. The zero-order valence-corrected chi connectivity index (χ0v) is 9.43. The highest BCUT2D eigenvalue weighted by molar-refractivity contribution is 5.91. The molecule has 1 heterocycles. The Labute approximate surface area is 98.7 Å². The molecule has 1 aromatic rings. The summed E-state index contributed by atoms with van der Waals surface area (Å²) < 4.78 is 9.50. The van der Waals surface area contributed by atoms with Crippen LogP contribution in [0, 0.1) is 0 Å². The lowest BCUT2D eigenvalue weighted by atomic mass is 9.98. The van der Waals surface area contributed by atoms with Gasteiger partial charge in [-0.05, 0) is 11.6 Å². The largest absolute Gasteiger partial charge is 0.465 e. The number of esters is 1. The summed E-state index contributed by atoms with van der Waals surface area (Å²) in [5, 5.41) is 2.68. The Morgan fingerprint density at radius 2 is 2.24 bits per heavy atom. The smallest absolute Gasteiger partial charge is 0.407 e. The molecule has 0 spiro atoms. The summed E-state index contributed by atoms with van der Waals surface area (Å²) in [4.78, 5) is 22.7. The summed E-state index contributed by atoms with van der Waals surface area (Å²) in [6.07, 6.45) is 0.181. The Morgan fingerprint density at radius 1 is 1.47 bits per heavy atom. The minimum atomic E-state index is -0.457. The Balaban J connectivity index is 2.30. The number of carbonyl (C=O) groups is 2. The first kappa shape index (κ1) is 11.4. The van der Waals surface area contributed by atoms with E-state index >= 15 is 0 Å². The molecule has 2 rings (SSSR count). The van der Waals surface area contributed by atoms with Crippen LogP contribution in [0.1, 0.15) is 28.4 Å². The first-order chi connectivity index (χ1) is 8.22. The van der Waals surface area contributed by atoms with Crippen LogP contribution in [0.3, 0.4) is 0 Å². The fourth-order valence-electron chi connectivity index (χ4n) is 1.86. The maximum atomic E-state index is 11.6. The van der Waals surface area contributed by atoms with E-state index in [0.29, 0.717) is 18.6 Å². The van der Waals surface area contributed by atoms with Crippen molar-refractivity contribution < 1.29 is 19.1 Å². The second-order valence-corrected chi connectivity index (χ2v) is 3.70. The second kappa shape index (κ2) is 4.86. The van der Waals surface area contributed by atoms with E-state index in [4.69, 9.17) is 9.47 Å². The molecular formula is C12H13NO4. The maximum absolute atomic E-state index is 11.6. The molecule has 0 unspecified atom stereocenters. The summed E-state index contributed by atoms with van der Waals surface area (Å²) in [5.41, 5.74) is 1.23. The second-order valence-electron chi connectivity index (χ2n) is 3.70. The zero-order chi connectivity index (χ0) is 12.3. The van der Waals surface area contributed by atoms with Crippen molar-refractivity contribution in [3.63, 3.8) is 0 Å².